The highest BCUT2D eigenvalue weighted by atomic mass is 79.9. The van der Waals surface area contributed by atoms with E-state index in [9.17, 15) is 4.79 Å². The predicted molar refractivity (Wildman–Crippen MR) is 70.3 cm³/mol. The Hall–Kier alpha value is -0.870. The lowest BCUT2D eigenvalue weighted by atomic mass is 10.0. The number of hydrogen-bond acceptors (Lipinski definition) is 2. The highest BCUT2D eigenvalue weighted by Gasteiger charge is 2.17. The van der Waals surface area contributed by atoms with E-state index in [0.717, 1.165) is 15.7 Å². The molecule has 3 nitrogen and oxygen atoms in total. The van der Waals surface area contributed by atoms with Crippen molar-refractivity contribution < 1.29 is 4.79 Å². The molecule has 88 valence electrons. The molecule has 4 heteroatoms. The van der Waals surface area contributed by atoms with Gasteiger partial charge < -0.3 is 11.1 Å². The average molecular weight is 285 g/mol. The number of benzene rings is 1. The maximum atomic E-state index is 11.7. The van der Waals surface area contributed by atoms with Gasteiger partial charge in [0.15, 0.2) is 0 Å². The Morgan fingerprint density at radius 2 is 2.06 bits per heavy atom. The van der Waals surface area contributed by atoms with Gasteiger partial charge in [-0.1, -0.05) is 29.8 Å². The van der Waals surface area contributed by atoms with Crippen LogP contribution in [0.2, 0.25) is 0 Å². The molecule has 0 aromatic heterocycles. The van der Waals surface area contributed by atoms with Crippen molar-refractivity contribution in [2.24, 2.45) is 11.7 Å². The molecule has 1 atom stereocenters. The molecule has 16 heavy (non-hydrogen) atoms. The maximum Gasteiger partial charge on any atom is 0.241 e. The van der Waals surface area contributed by atoms with Crippen LogP contribution in [0.4, 0.5) is 5.69 Å². The minimum absolute atomic E-state index is 0.136. The summed E-state index contributed by atoms with van der Waals surface area (Å²) in [7, 11) is 0. The third-order valence-corrected chi connectivity index (χ3v) is 3.34. The van der Waals surface area contributed by atoms with Crippen molar-refractivity contribution in [2.45, 2.75) is 26.8 Å². The molecule has 0 aliphatic carbocycles. The first kappa shape index (κ1) is 13.2. The topological polar surface area (TPSA) is 55.1 Å². The van der Waals surface area contributed by atoms with E-state index in [1.54, 1.807) is 0 Å². The van der Waals surface area contributed by atoms with E-state index in [-0.39, 0.29) is 11.8 Å². The minimum Gasteiger partial charge on any atom is -0.325 e. The standard InChI is InChI=1S/C12H17BrN2O/c1-7(2)11(14)12(16)15-9-4-5-10(13)8(3)6-9/h4-7,11H,14H2,1-3H3,(H,15,16)/t11-/m0/s1. The van der Waals surface area contributed by atoms with Crippen molar-refractivity contribution in [3.05, 3.63) is 28.2 Å². The van der Waals surface area contributed by atoms with E-state index >= 15 is 0 Å². The molecule has 0 aliphatic heterocycles. The van der Waals surface area contributed by atoms with E-state index in [1.807, 2.05) is 39.0 Å². The van der Waals surface area contributed by atoms with Gasteiger partial charge in [-0.25, -0.2) is 0 Å². The number of aryl methyl sites for hydroxylation is 1. The Kier molecular flexibility index (Phi) is 4.50. The second-order valence-electron chi connectivity index (χ2n) is 4.22. The van der Waals surface area contributed by atoms with Gasteiger partial charge in [0.1, 0.15) is 0 Å². The first-order valence-corrected chi connectivity index (χ1v) is 6.03. The van der Waals surface area contributed by atoms with Gasteiger partial charge in [0.2, 0.25) is 5.91 Å². The van der Waals surface area contributed by atoms with Crippen LogP contribution >= 0.6 is 15.9 Å². The van der Waals surface area contributed by atoms with Crippen LogP contribution in [0.5, 0.6) is 0 Å². The monoisotopic (exact) mass is 284 g/mol. The van der Waals surface area contributed by atoms with Gasteiger partial charge in [0.05, 0.1) is 6.04 Å². The SMILES string of the molecule is Cc1cc(NC(=O)[C@@H](N)C(C)C)ccc1Br. The smallest absolute Gasteiger partial charge is 0.241 e. The van der Waals surface area contributed by atoms with Crippen molar-refractivity contribution in [2.75, 3.05) is 5.32 Å². The summed E-state index contributed by atoms with van der Waals surface area (Å²) in [5.41, 5.74) is 7.61. The number of carbonyl (C=O) groups excluding carboxylic acids is 1. The van der Waals surface area contributed by atoms with Crippen LogP contribution in [0.25, 0.3) is 0 Å². The minimum atomic E-state index is -0.469. The molecule has 0 radical (unpaired) electrons. The Bertz CT molecular complexity index is 391. The Labute approximate surface area is 105 Å². The Morgan fingerprint density at radius 1 is 1.44 bits per heavy atom. The molecule has 0 saturated carbocycles. The lowest BCUT2D eigenvalue weighted by Gasteiger charge is -2.15. The number of nitrogens with two attached hydrogens (primary N) is 1. The van der Waals surface area contributed by atoms with E-state index in [4.69, 9.17) is 5.73 Å². The molecule has 1 rings (SSSR count). The molecule has 0 spiro atoms. The van der Waals surface area contributed by atoms with Gasteiger partial charge >= 0.3 is 0 Å². The molecule has 0 unspecified atom stereocenters. The molecule has 1 amide bonds. The molecule has 1 aromatic rings. The number of hydrogen-bond donors (Lipinski definition) is 2. The van der Waals surface area contributed by atoms with Crippen molar-refractivity contribution in [1.82, 2.24) is 0 Å². The van der Waals surface area contributed by atoms with Crippen molar-refractivity contribution in [3.63, 3.8) is 0 Å². The summed E-state index contributed by atoms with van der Waals surface area (Å²) in [5.74, 6) is -0.00623. The molecule has 0 saturated heterocycles. The number of carbonyl (C=O) groups is 1. The number of anilines is 1. The highest BCUT2D eigenvalue weighted by Crippen LogP contribution is 2.20. The zero-order valence-corrected chi connectivity index (χ0v) is 11.3. The fourth-order valence-corrected chi connectivity index (χ4v) is 1.50. The summed E-state index contributed by atoms with van der Waals surface area (Å²) >= 11 is 3.41. The summed E-state index contributed by atoms with van der Waals surface area (Å²) in [6.45, 7) is 5.83. The van der Waals surface area contributed by atoms with Gasteiger partial charge in [-0.15, -0.1) is 0 Å². The van der Waals surface area contributed by atoms with Crippen LogP contribution in [-0.4, -0.2) is 11.9 Å². The van der Waals surface area contributed by atoms with Crippen LogP contribution in [0, 0.1) is 12.8 Å². The molecule has 0 fully saturated rings. The molecular formula is C12H17BrN2O. The van der Waals surface area contributed by atoms with Crippen LogP contribution in [0.3, 0.4) is 0 Å². The van der Waals surface area contributed by atoms with Gasteiger partial charge in [-0.3, -0.25) is 4.79 Å². The Balaban J connectivity index is 2.74. The number of nitrogens with one attached hydrogen (secondary N) is 1. The van der Waals surface area contributed by atoms with Crippen LogP contribution in [-0.2, 0) is 4.79 Å². The van der Waals surface area contributed by atoms with Gasteiger partial charge in [0.25, 0.3) is 0 Å². The third kappa shape index (κ3) is 3.32. The molecule has 0 aliphatic rings. The number of amides is 1. The number of rotatable bonds is 3. The molecular weight excluding hydrogens is 268 g/mol. The lowest BCUT2D eigenvalue weighted by molar-refractivity contribution is -0.118. The van der Waals surface area contributed by atoms with Crippen molar-refractivity contribution in [1.29, 1.82) is 0 Å². The predicted octanol–water partition coefficient (Wildman–Crippen LogP) is 2.68. The second kappa shape index (κ2) is 5.46. The lowest BCUT2D eigenvalue weighted by Crippen LogP contribution is -2.39. The van der Waals surface area contributed by atoms with E-state index in [0.29, 0.717) is 0 Å². The summed E-state index contributed by atoms with van der Waals surface area (Å²) in [5, 5.41) is 2.81. The maximum absolute atomic E-state index is 11.7. The summed E-state index contributed by atoms with van der Waals surface area (Å²) in [4.78, 5) is 11.7. The zero-order chi connectivity index (χ0) is 12.3. The average Bonchev–Trinajstić information content (AvgIpc) is 2.22. The van der Waals surface area contributed by atoms with E-state index in [1.165, 1.54) is 0 Å². The quantitative estimate of drug-likeness (QED) is 0.897. The van der Waals surface area contributed by atoms with Crippen molar-refractivity contribution in [3.8, 4) is 0 Å². The second-order valence-corrected chi connectivity index (χ2v) is 5.08. The number of halogens is 1. The molecule has 1 aromatic carbocycles. The van der Waals surface area contributed by atoms with Crippen LogP contribution in [0.1, 0.15) is 19.4 Å². The normalized spacial score (nSPS) is 12.6. The zero-order valence-electron chi connectivity index (χ0n) is 9.75. The van der Waals surface area contributed by atoms with E-state index < -0.39 is 6.04 Å². The fraction of sp³-hybridized carbons (Fsp3) is 0.417. The fourth-order valence-electron chi connectivity index (χ4n) is 1.25. The van der Waals surface area contributed by atoms with Crippen LogP contribution < -0.4 is 11.1 Å². The van der Waals surface area contributed by atoms with Gasteiger partial charge in [0, 0.05) is 10.2 Å². The first-order valence-electron chi connectivity index (χ1n) is 5.24. The Morgan fingerprint density at radius 3 is 2.56 bits per heavy atom. The third-order valence-electron chi connectivity index (χ3n) is 2.45. The molecule has 0 heterocycles. The largest absolute Gasteiger partial charge is 0.325 e. The van der Waals surface area contributed by atoms with Gasteiger partial charge in [-0.05, 0) is 36.6 Å². The highest BCUT2D eigenvalue weighted by molar-refractivity contribution is 9.10. The van der Waals surface area contributed by atoms with Crippen LogP contribution in [0.15, 0.2) is 22.7 Å². The summed E-state index contributed by atoms with van der Waals surface area (Å²) in [6.07, 6.45) is 0. The van der Waals surface area contributed by atoms with E-state index in [2.05, 4.69) is 21.2 Å². The molecule has 0 bridgehead atoms. The molecule has 3 N–H and O–H groups in total. The van der Waals surface area contributed by atoms with Gasteiger partial charge in [-0.2, -0.15) is 0 Å². The summed E-state index contributed by atoms with van der Waals surface area (Å²) < 4.78 is 1.03. The summed E-state index contributed by atoms with van der Waals surface area (Å²) in [6, 6.07) is 5.20. The first-order chi connectivity index (χ1) is 7.41. The van der Waals surface area contributed by atoms with Crippen molar-refractivity contribution >= 4 is 27.5 Å².